The Morgan fingerprint density at radius 2 is 1.78 bits per heavy atom. The fraction of sp³-hybridized carbons (Fsp3) is 0.280. The highest BCUT2D eigenvalue weighted by Gasteiger charge is 2.32. The van der Waals surface area contributed by atoms with E-state index in [9.17, 15) is 14.4 Å². The van der Waals surface area contributed by atoms with Gasteiger partial charge in [-0.15, -0.1) is 0 Å². The molecule has 0 fully saturated rings. The fourth-order valence-corrected chi connectivity index (χ4v) is 4.20. The second-order valence-corrected chi connectivity index (χ2v) is 8.31. The van der Waals surface area contributed by atoms with E-state index >= 15 is 0 Å². The first-order valence-corrected chi connectivity index (χ1v) is 10.7. The predicted molar refractivity (Wildman–Crippen MR) is 124 cm³/mol. The third kappa shape index (κ3) is 4.46. The number of hydrogen-bond acceptors (Lipinski definition) is 4. The normalized spacial score (nSPS) is 14.8. The molecule has 0 spiro atoms. The summed E-state index contributed by atoms with van der Waals surface area (Å²) >= 11 is 0. The zero-order valence-electron chi connectivity index (χ0n) is 18.5. The van der Waals surface area contributed by atoms with Crippen molar-refractivity contribution in [2.45, 2.75) is 46.2 Å². The van der Waals surface area contributed by atoms with Crippen LogP contribution in [0.5, 0.6) is 0 Å². The summed E-state index contributed by atoms with van der Waals surface area (Å²) in [6.45, 7) is 6.01. The van der Waals surface area contributed by atoms with Crippen molar-refractivity contribution in [1.29, 1.82) is 0 Å². The highest BCUT2D eigenvalue weighted by molar-refractivity contribution is 6.06. The van der Waals surface area contributed by atoms with Crippen molar-refractivity contribution < 1.29 is 9.59 Å². The van der Waals surface area contributed by atoms with Crippen molar-refractivity contribution in [2.75, 3.05) is 10.2 Å². The summed E-state index contributed by atoms with van der Waals surface area (Å²) in [4.78, 5) is 39.6. The van der Waals surface area contributed by atoms with Crippen LogP contribution < -0.4 is 15.8 Å². The Labute approximate surface area is 186 Å². The summed E-state index contributed by atoms with van der Waals surface area (Å²) < 4.78 is 1.18. The molecular formula is C25H26N4O3. The summed E-state index contributed by atoms with van der Waals surface area (Å²) in [6, 6.07) is 16.4. The number of carbonyl (C=O) groups is 2. The van der Waals surface area contributed by atoms with Crippen molar-refractivity contribution in [3.63, 3.8) is 0 Å². The zero-order valence-corrected chi connectivity index (χ0v) is 18.5. The number of benzene rings is 2. The smallest absolute Gasteiger partial charge is 0.278 e. The molecule has 0 aliphatic carbocycles. The Bertz CT molecular complexity index is 1230. The molecule has 0 unspecified atom stereocenters. The largest absolute Gasteiger partial charge is 0.326 e. The molecule has 3 aromatic rings. The van der Waals surface area contributed by atoms with E-state index in [1.165, 1.54) is 16.8 Å². The van der Waals surface area contributed by atoms with E-state index in [1.54, 1.807) is 4.90 Å². The van der Waals surface area contributed by atoms with Gasteiger partial charge in [-0.2, -0.15) is 5.10 Å². The van der Waals surface area contributed by atoms with E-state index in [1.807, 2.05) is 63.2 Å². The molecule has 1 aliphatic rings. The maximum Gasteiger partial charge on any atom is 0.278 e. The van der Waals surface area contributed by atoms with Crippen molar-refractivity contribution in [3.05, 3.63) is 87.3 Å². The van der Waals surface area contributed by atoms with Crippen LogP contribution in [0.4, 0.5) is 11.4 Å². The first kappa shape index (κ1) is 21.5. The summed E-state index contributed by atoms with van der Waals surface area (Å²) in [6.07, 6.45) is 0.848. The van der Waals surface area contributed by atoms with Gasteiger partial charge in [0.05, 0.1) is 6.54 Å². The number of carbonyl (C=O) groups excluding carboxylic acids is 2. The average molecular weight is 431 g/mol. The fourth-order valence-electron chi connectivity index (χ4n) is 4.20. The predicted octanol–water partition coefficient (Wildman–Crippen LogP) is 3.48. The molecule has 7 nitrogen and oxygen atoms in total. The van der Waals surface area contributed by atoms with Crippen LogP contribution in [0.2, 0.25) is 0 Å². The number of para-hydroxylation sites is 1. The number of anilines is 2. The van der Waals surface area contributed by atoms with E-state index in [0.717, 1.165) is 34.5 Å². The Morgan fingerprint density at radius 3 is 2.53 bits per heavy atom. The van der Waals surface area contributed by atoms with Crippen molar-refractivity contribution >= 4 is 23.2 Å². The first-order valence-electron chi connectivity index (χ1n) is 10.7. The van der Waals surface area contributed by atoms with Crippen LogP contribution in [-0.4, -0.2) is 27.6 Å². The van der Waals surface area contributed by atoms with Gasteiger partial charge >= 0.3 is 0 Å². The topological polar surface area (TPSA) is 84.3 Å². The molecular weight excluding hydrogens is 404 g/mol. The van der Waals surface area contributed by atoms with Gasteiger partial charge in [-0.3, -0.25) is 14.4 Å². The van der Waals surface area contributed by atoms with Gasteiger partial charge in [0, 0.05) is 29.9 Å². The summed E-state index contributed by atoms with van der Waals surface area (Å²) in [5.74, 6) is -0.474. The number of amides is 2. The molecule has 2 amide bonds. The SMILES string of the molecule is Cc1cc(C)cc(NC(=O)CCn2nc(C(=O)N3c4ccccc4C[C@@H]3C)ccc2=O)c1. The van der Waals surface area contributed by atoms with Gasteiger partial charge in [0.2, 0.25) is 5.91 Å². The monoisotopic (exact) mass is 430 g/mol. The Hall–Kier alpha value is -3.74. The van der Waals surface area contributed by atoms with Crippen LogP contribution in [0.25, 0.3) is 0 Å². The van der Waals surface area contributed by atoms with Crippen molar-refractivity contribution in [2.24, 2.45) is 0 Å². The quantitative estimate of drug-likeness (QED) is 0.672. The van der Waals surface area contributed by atoms with Crippen LogP contribution in [0, 0.1) is 13.8 Å². The third-order valence-corrected chi connectivity index (χ3v) is 5.57. The molecule has 0 saturated heterocycles. The van der Waals surface area contributed by atoms with Crippen molar-refractivity contribution in [3.8, 4) is 0 Å². The van der Waals surface area contributed by atoms with E-state index < -0.39 is 0 Å². The van der Waals surface area contributed by atoms with E-state index in [-0.39, 0.29) is 42.1 Å². The lowest BCUT2D eigenvalue weighted by Crippen LogP contribution is -2.37. The van der Waals surface area contributed by atoms with Gasteiger partial charge < -0.3 is 10.2 Å². The molecule has 1 aliphatic heterocycles. The van der Waals surface area contributed by atoms with E-state index in [4.69, 9.17) is 0 Å². The Morgan fingerprint density at radius 1 is 1.06 bits per heavy atom. The maximum absolute atomic E-state index is 13.2. The van der Waals surface area contributed by atoms with Crippen LogP contribution in [-0.2, 0) is 17.8 Å². The molecule has 32 heavy (non-hydrogen) atoms. The molecule has 1 aromatic heterocycles. The number of rotatable bonds is 5. The summed E-state index contributed by atoms with van der Waals surface area (Å²) in [5.41, 5.74) is 4.66. The lowest BCUT2D eigenvalue weighted by Gasteiger charge is -2.22. The van der Waals surface area contributed by atoms with Crippen LogP contribution in [0.1, 0.15) is 40.5 Å². The van der Waals surface area contributed by atoms with Gasteiger partial charge in [0.15, 0.2) is 0 Å². The Balaban J connectivity index is 1.48. The standard InChI is InChI=1S/C25H26N4O3/c1-16-12-17(2)14-20(13-16)26-23(30)10-11-28-24(31)9-8-21(27-28)25(32)29-18(3)15-19-6-4-5-7-22(19)29/h4-9,12-14,18H,10-11,15H2,1-3H3,(H,26,30)/t18-/m0/s1. The third-order valence-electron chi connectivity index (χ3n) is 5.57. The molecule has 0 saturated carbocycles. The minimum absolute atomic E-state index is 0.00522. The van der Waals surface area contributed by atoms with Crippen molar-refractivity contribution in [1.82, 2.24) is 9.78 Å². The number of hydrogen-bond donors (Lipinski definition) is 1. The number of aromatic nitrogens is 2. The maximum atomic E-state index is 13.2. The minimum Gasteiger partial charge on any atom is -0.326 e. The molecule has 0 radical (unpaired) electrons. The molecule has 4 rings (SSSR count). The molecule has 2 aromatic carbocycles. The zero-order chi connectivity index (χ0) is 22.8. The lowest BCUT2D eigenvalue weighted by atomic mass is 10.1. The van der Waals surface area contributed by atoms with Crippen LogP contribution in [0.3, 0.4) is 0 Å². The van der Waals surface area contributed by atoms with Gasteiger partial charge in [-0.1, -0.05) is 24.3 Å². The first-order chi connectivity index (χ1) is 15.3. The number of fused-ring (bicyclic) bond motifs is 1. The van der Waals surface area contributed by atoms with Gasteiger partial charge in [0.1, 0.15) is 5.69 Å². The minimum atomic E-state index is -0.351. The molecule has 7 heteroatoms. The molecule has 164 valence electrons. The average Bonchev–Trinajstić information content (AvgIpc) is 3.07. The summed E-state index contributed by atoms with van der Waals surface area (Å²) in [7, 11) is 0. The second kappa shape index (κ2) is 8.78. The number of nitrogens with zero attached hydrogens (tertiary/aromatic N) is 3. The van der Waals surface area contributed by atoms with Crippen LogP contribution >= 0.6 is 0 Å². The van der Waals surface area contributed by atoms with E-state index in [2.05, 4.69) is 10.4 Å². The number of aryl methyl sites for hydroxylation is 3. The summed E-state index contributed by atoms with van der Waals surface area (Å²) in [5, 5.41) is 7.12. The highest BCUT2D eigenvalue weighted by atomic mass is 16.2. The van der Waals surface area contributed by atoms with Gasteiger partial charge in [-0.25, -0.2) is 4.68 Å². The number of nitrogens with one attached hydrogen (secondary N) is 1. The molecule has 1 atom stereocenters. The van der Waals surface area contributed by atoms with Gasteiger partial charge in [0.25, 0.3) is 11.5 Å². The Kier molecular flexibility index (Phi) is 5.90. The van der Waals surface area contributed by atoms with Crippen LogP contribution in [0.15, 0.2) is 59.4 Å². The molecule has 0 bridgehead atoms. The second-order valence-electron chi connectivity index (χ2n) is 8.31. The van der Waals surface area contributed by atoms with E-state index in [0.29, 0.717) is 0 Å². The highest BCUT2D eigenvalue weighted by Crippen LogP contribution is 2.32. The molecule has 2 heterocycles. The lowest BCUT2D eigenvalue weighted by molar-refractivity contribution is -0.116. The molecule has 1 N–H and O–H groups in total. The van der Waals surface area contributed by atoms with Gasteiger partial charge in [-0.05, 0) is 68.1 Å².